The van der Waals surface area contributed by atoms with Gasteiger partial charge in [0.15, 0.2) is 11.5 Å². The number of aliphatic hydroxyl groups is 1. The molecule has 10 heteroatoms. The van der Waals surface area contributed by atoms with Crippen LogP contribution < -0.4 is 14.8 Å². The number of likely N-dealkylation sites (tertiary alicyclic amines) is 1. The molecule has 34 heavy (non-hydrogen) atoms. The van der Waals surface area contributed by atoms with E-state index < -0.39 is 6.61 Å². The van der Waals surface area contributed by atoms with Gasteiger partial charge in [-0.15, -0.1) is 0 Å². The minimum absolute atomic E-state index is 0.0659. The zero-order valence-corrected chi connectivity index (χ0v) is 18.9. The Morgan fingerprint density at radius 2 is 1.97 bits per heavy atom. The van der Waals surface area contributed by atoms with E-state index in [-0.39, 0.29) is 18.1 Å². The van der Waals surface area contributed by atoms with Gasteiger partial charge in [0.1, 0.15) is 0 Å². The maximum absolute atomic E-state index is 12.5. The Morgan fingerprint density at radius 1 is 1.18 bits per heavy atom. The molecule has 182 valence electrons. The quantitative estimate of drug-likeness (QED) is 0.453. The number of anilines is 1. The van der Waals surface area contributed by atoms with Crippen LogP contribution in [0.5, 0.6) is 11.5 Å². The molecule has 0 radical (unpaired) electrons. The molecule has 0 bridgehead atoms. The molecule has 2 heterocycles. The van der Waals surface area contributed by atoms with Gasteiger partial charge >= 0.3 is 6.61 Å². The van der Waals surface area contributed by atoms with Crippen LogP contribution in [-0.4, -0.2) is 53.6 Å². The Balaban J connectivity index is 1.39. The standard InChI is InChI=1S/C24H28F2N4O4/c1-32-21-12-17(6-7-20(21)33-24(25)26)23-28-22(34-29-23)13-27-19-5-3-2-4-18(19)14-30-10-8-16(15-31)9-11-30/h2-7,12,16,24,27,31H,8-11,13-15H2,1H3. The average Bonchev–Trinajstić information content (AvgIpc) is 3.33. The summed E-state index contributed by atoms with van der Waals surface area (Å²) >= 11 is 0. The molecule has 0 atom stereocenters. The molecule has 4 rings (SSSR count). The van der Waals surface area contributed by atoms with Crippen molar-refractivity contribution in [1.82, 2.24) is 15.0 Å². The van der Waals surface area contributed by atoms with Crippen LogP contribution in [0.2, 0.25) is 0 Å². The third-order valence-corrected chi connectivity index (χ3v) is 5.91. The molecule has 1 fully saturated rings. The molecule has 1 aromatic heterocycles. The predicted octanol–water partition coefficient (Wildman–Crippen LogP) is 4.16. The van der Waals surface area contributed by atoms with Gasteiger partial charge in [-0.05, 0) is 61.7 Å². The summed E-state index contributed by atoms with van der Waals surface area (Å²) in [5.74, 6) is 1.20. The van der Waals surface area contributed by atoms with Crippen LogP contribution in [0.3, 0.4) is 0 Å². The number of nitrogens with one attached hydrogen (secondary N) is 1. The van der Waals surface area contributed by atoms with E-state index in [2.05, 4.69) is 31.2 Å². The van der Waals surface area contributed by atoms with Gasteiger partial charge in [-0.3, -0.25) is 4.90 Å². The first kappa shape index (κ1) is 23.9. The van der Waals surface area contributed by atoms with Crippen LogP contribution >= 0.6 is 0 Å². The summed E-state index contributed by atoms with van der Waals surface area (Å²) in [4.78, 5) is 6.80. The molecule has 0 saturated carbocycles. The van der Waals surface area contributed by atoms with Gasteiger partial charge in [-0.1, -0.05) is 23.4 Å². The van der Waals surface area contributed by atoms with Crippen LogP contribution in [0.25, 0.3) is 11.4 Å². The van der Waals surface area contributed by atoms with E-state index in [1.54, 1.807) is 6.07 Å². The fourth-order valence-electron chi connectivity index (χ4n) is 4.01. The highest BCUT2D eigenvalue weighted by Gasteiger charge is 2.19. The van der Waals surface area contributed by atoms with Gasteiger partial charge in [0.05, 0.1) is 13.7 Å². The summed E-state index contributed by atoms with van der Waals surface area (Å²) in [6.45, 7) is 0.411. The fraction of sp³-hybridized carbons (Fsp3) is 0.417. The molecule has 8 nitrogen and oxygen atoms in total. The molecule has 2 N–H and O–H groups in total. The van der Waals surface area contributed by atoms with Gasteiger partial charge < -0.3 is 24.4 Å². The second-order valence-electron chi connectivity index (χ2n) is 8.17. The van der Waals surface area contributed by atoms with E-state index in [1.807, 2.05) is 18.2 Å². The third kappa shape index (κ3) is 6.00. The van der Waals surface area contributed by atoms with Crippen molar-refractivity contribution in [3.8, 4) is 22.9 Å². The van der Waals surface area contributed by atoms with E-state index >= 15 is 0 Å². The number of rotatable bonds is 10. The van der Waals surface area contributed by atoms with E-state index in [4.69, 9.17) is 9.26 Å². The number of hydrogen-bond acceptors (Lipinski definition) is 8. The molecule has 2 aromatic carbocycles. The van der Waals surface area contributed by atoms with Crippen molar-refractivity contribution in [2.75, 3.05) is 32.1 Å². The maximum Gasteiger partial charge on any atom is 0.387 e. The SMILES string of the molecule is COc1cc(-c2noc(CNc3ccccc3CN3CCC(CO)CC3)n2)ccc1OC(F)F. The molecule has 0 amide bonds. The number of ether oxygens (including phenoxy) is 2. The molecule has 1 aliphatic heterocycles. The van der Waals surface area contributed by atoms with Crippen molar-refractivity contribution in [2.24, 2.45) is 5.92 Å². The van der Waals surface area contributed by atoms with Crippen molar-refractivity contribution in [2.45, 2.75) is 32.5 Å². The number of alkyl halides is 2. The second kappa shape index (κ2) is 11.3. The lowest BCUT2D eigenvalue weighted by atomic mass is 9.97. The van der Waals surface area contributed by atoms with E-state index in [9.17, 15) is 13.9 Å². The van der Waals surface area contributed by atoms with Gasteiger partial charge in [-0.2, -0.15) is 13.8 Å². The Kier molecular flexibility index (Phi) is 7.91. The summed E-state index contributed by atoms with van der Waals surface area (Å²) in [6, 6.07) is 12.6. The zero-order chi connectivity index (χ0) is 23.9. The Bertz CT molecular complexity index is 1070. The Labute approximate surface area is 196 Å². The van der Waals surface area contributed by atoms with Crippen LogP contribution in [0.1, 0.15) is 24.3 Å². The number of benzene rings is 2. The van der Waals surface area contributed by atoms with E-state index in [0.717, 1.165) is 38.2 Å². The highest BCUT2D eigenvalue weighted by atomic mass is 19.3. The van der Waals surface area contributed by atoms with Gasteiger partial charge in [-0.25, -0.2) is 0 Å². The van der Waals surface area contributed by atoms with Crippen LogP contribution in [0.15, 0.2) is 47.0 Å². The molecule has 0 unspecified atom stereocenters. The third-order valence-electron chi connectivity index (χ3n) is 5.91. The first-order valence-electron chi connectivity index (χ1n) is 11.2. The summed E-state index contributed by atoms with van der Waals surface area (Å²) in [7, 11) is 1.37. The van der Waals surface area contributed by atoms with Crippen molar-refractivity contribution >= 4 is 5.69 Å². The molecular formula is C24H28F2N4O4. The van der Waals surface area contributed by atoms with Crippen molar-refractivity contribution in [3.05, 3.63) is 53.9 Å². The number of aliphatic hydroxyl groups excluding tert-OH is 1. The van der Waals surface area contributed by atoms with Crippen molar-refractivity contribution < 1.29 is 27.9 Å². The molecular weight excluding hydrogens is 446 g/mol. The lowest BCUT2D eigenvalue weighted by Crippen LogP contribution is -2.34. The minimum atomic E-state index is -2.95. The molecule has 1 aliphatic rings. The highest BCUT2D eigenvalue weighted by molar-refractivity contribution is 5.60. The van der Waals surface area contributed by atoms with Crippen molar-refractivity contribution in [3.63, 3.8) is 0 Å². The zero-order valence-electron chi connectivity index (χ0n) is 18.9. The Hall–Kier alpha value is -3.24. The normalized spacial score (nSPS) is 15.0. The summed E-state index contributed by atoms with van der Waals surface area (Å²) in [5.41, 5.74) is 2.71. The summed E-state index contributed by atoms with van der Waals surface area (Å²) in [6.07, 6.45) is 2.02. The van der Waals surface area contributed by atoms with Crippen LogP contribution in [0, 0.1) is 5.92 Å². The minimum Gasteiger partial charge on any atom is -0.493 e. The smallest absolute Gasteiger partial charge is 0.387 e. The van der Waals surface area contributed by atoms with Crippen LogP contribution in [0.4, 0.5) is 14.5 Å². The Morgan fingerprint density at radius 3 is 2.71 bits per heavy atom. The van der Waals surface area contributed by atoms with Gasteiger partial charge in [0.25, 0.3) is 0 Å². The lowest BCUT2D eigenvalue weighted by Gasteiger charge is -2.31. The van der Waals surface area contributed by atoms with Gasteiger partial charge in [0.2, 0.25) is 11.7 Å². The number of hydrogen-bond donors (Lipinski definition) is 2. The number of para-hydroxylation sites is 1. The average molecular weight is 475 g/mol. The summed E-state index contributed by atoms with van der Waals surface area (Å²) in [5, 5.41) is 16.7. The largest absolute Gasteiger partial charge is 0.493 e. The highest BCUT2D eigenvalue weighted by Crippen LogP contribution is 2.32. The summed E-state index contributed by atoms with van der Waals surface area (Å²) < 4.78 is 40.0. The van der Waals surface area contributed by atoms with E-state index in [0.29, 0.717) is 29.7 Å². The maximum atomic E-state index is 12.5. The molecule has 0 spiro atoms. The van der Waals surface area contributed by atoms with Crippen LogP contribution in [-0.2, 0) is 13.1 Å². The monoisotopic (exact) mass is 474 g/mol. The molecule has 0 aliphatic carbocycles. The fourth-order valence-corrected chi connectivity index (χ4v) is 4.01. The number of nitrogens with zero attached hydrogens (tertiary/aromatic N) is 3. The number of piperidine rings is 1. The first-order valence-corrected chi connectivity index (χ1v) is 11.2. The topological polar surface area (TPSA) is 92.9 Å². The number of halogens is 2. The first-order chi connectivity index (χ1) is 16.6. The van der Waals surface area contributed by atoms with Gasteiger partial charge in [0, 0.05) is 24.4 Å². The van der Waals surface area contributed by atoms with E-state index in [1.165, 1.54) is 24.8 Å². The number of methoxy groups -OCH3 is 1. The van der Waals surface area contributed by atoms with Crippen molar-refractivity contribution in [1.29, 1.82) is 0 Å². The second-order valence-corrected chi connectivity index (χ2v) is 8.17. The molecule has 1 saturated heterocycles. The number of aromatic nitrogens is 2. The molecule has 3 aromatic rings. The predicted molar refractivity (Wildman–Crippen MR) is 122 cm³/mol. The lowest BCUT2D eigenvalue weighted by molar-refractivity contribution is -0.0512.